The van der Waals surface area contributed by atoms with Crippen LogP contribution in [0.5, 0.6) is 0 Å². The molecule has 2 rings (SSSR count). The summed E-state index contributed by atoms with van der Waals surface area (Å²) < 4.78 is 1.05. The smallest absolute Gasteiger partial charge is 0.326 e. The molecule has 6 heteroatoms. The number of aliphatic carboxylic acids is 1. The van der Waals surface area contributed by atoms with Crippen molar-refractivity contribution in [2.24, 2.45) is 0 Å². The van der Waals surface area contributed by atoms with Gasteiger partial charge in [0.15, 0.2) is 5.13 Å². The number of carboxylic acids is 1. The first kappa shape index (κ1) is 12.2. The van der Waals surface area contributed by atoms with E-state index >= 15 is 0 Å². The molecule has 0 saturated heterocycles. The van der Waals surface area contributed by atoms with Gasteiger partial charge in [-0.1, -0.05) is 23.5 Å². The summed E-state index contributed by atoms with van der Waals surface area (Å²) in [5.74, 6) is -0.354. The van der Waals surface area contributed by atoms with Gasteiger partial charge in [-0.2, -0.15) is 12.6 Å². The van der Waals surface area contributed by atoms with Gasteiger partial charge in [0.2, 0.25) is 0 Å². The summed E-state index contributed by atoms with van der Waals surface area (Å²) in [6.45, 7) is 0. The standard InChI is InChI=1S/C11H12N2O2S2/c14-10(15)8(5-6-16)13-11-12-7-3-1-2-4-9(7)17-11/h1-4,8,16H,5-6H2,(H,12,13)(H,14,15)/t8-/m0/s1. The lowest BCUT2D eigenvalue weighted by atomic mass is 10.2. The van der Waals surface area contributed by atoms with Crippen LogP contribution in [0.4, 0.5) is 5.13 Å². The minimum atomic E-state index is -0.877. The number of carbonyl (C=O) groups is 1. The summed E-state index contributed by atoms with van der Waals surface area (Å²) in [6, 6.07) is 7.09. The zero-order chi connectivity index (χ0) is 12.3. The van der Waals surface area contributed by atoms with Gasteiger partial charge in [-0.15, -0.1) is 0 Å². The van der Waals surface area contributed by atoms with Gasteiger partial charge in [0.25, 0.3) is 0 Å². The third kappa shape index (κ3) is 2.89. The Labute approximate surface area is 108 Å². The molecule has 1 aromatic heterocycles. The number of para-hydroxylation sites is 1. The second kappa shape index (κ2) is 5.37. The first-order valence-electron chi connectivity index (χ1n) is 5.16. The number of carboxylic acid groups (broad SMARTS) is 1. The molecule has 0 aliphatic rings. The Balaban J connectivity index is 2.19. The highest BCUT2D eigenvalue weighted by molar-refractivity contribution is 7.80. The third-order valence-electron chi connectivity index (χ3n) is 2.31. The van der Waals surface area contributed by atoms with Gasteiger partial charge in [-0.25, -0.2) is 9.78 Å². The van der Waals surface area contributed by atoms with Crippen LogP contribution in [0.25, 0.3) is 10.2 Å². The van der Waals surface area contributed by atoms with Crippen LogP contribution >= 0.6 is 24.0 Å². The number of nitrogens with zero attached hydrogens (tertiary/aromatic N) is 1. The number of thiol groups is 1. The fourth-order valence-corrected chi connectivity index (χ4v) is 2.65. The van der Waals surface area contributed by atoms with E-state index in [0.29, 0.717) is 17.3 Å². The van der Waals surface area contributed by atoms with Crippen LogP contribution in [0, 0.1) is 0 Å². The molecular formula is C11H12N2O2S2. The number of aromatic nitrogens is 1. The summed E-state index contributed by atoms with van der Waals surface area (Å²) in [5, 5.41) is 12.6. The topological polar surface area (TPSA) is 62.2 Å². The Hall–Kier alpha value is -1.27. The van der Waals surface area contributed by atoms with E-state index in [9.17, 15) is 4.79 Å². The maximum atomic E-state index is 11.0. The molecular weight excluding hydrogens is 256 g/mol. The highest BCUT2D eigenvalue weighted by Gasteiger charge is 2.17. The normalized spacial score (nSPS) is 12.5. The van der Waals surface area contributed by atoms with Crippen molar-refractivity contribution in [2.45, 2.75) is 12.5 Å². The van der Waals surface area contributed by atoms with Crippen LogP contribution in [0.2, 0.25) is 0 Å². The number of fused-ring (bicyclic) bond motifs is 1. The van der Waals surface area contributed by atoms with Crippen molar-refractivity contribution in [2.75, 3.05) is 11.1 Å². The first-order valence-corrected chi connectivity index (χ1v) is 6.61. The maximum absolute atomic E-state index is 11.0. The van der Waals surface area contributed by atoms with E-state index < -0.39 is 12.0 Å². The van der Waals surface area contributed by atoms with E-state index in [-0.39, 0.29) is 0 Å². The number of hydrogen-bond donors (Lipinski definition) is 3. The van der Waals surface area contributed by atoms with Gasteiger partial charge in [-0.3, -0.25) is 0 Å². The van der Waals surface area contributed by atoms with Crippen LogP contribution in [-0.2, 0) is 4.79 Å². The van der Waals surface area contributed by atoms with Crippen LogP contribution in [-0.4, -0.2) is 27.9 Å². The number of hydrogen-bond acceptors (Lipinski definition) is 5. The van der Waals surface area contributed by atoms with E-state index in [1.54, 1.807) is 0 Å². The molecule has 2 aromatic rings. The van der Waals surface area contributed by atoms with E-state index in [4.69, 9.17) is 5.11 Å². The lowest BCUT2D eigenvalue weighted by Crippen LogP contribution is -2.29. The molecule has 1 heterocycles. The molecule has 1 atom stereocenters. The van der Waals surface area contributed by atoms with Crippen molar-refractivity contribution >= 4 is 45.3 Å². The van der Waals surface area contributed by atoms with Crippen LogP contribution in [0.15, 0.2) is 24.3 Å². The molecule has 4 nitrogen and oxygen atoms in total. The number of rotatable bonds is 5. The van der Waals surface area contributed by atoms with Gasteiger partial charge >= 0.3 is 5.97 Å². The molecule has 0 bridgehead atoms. The summed E-state index contributed by atoms with van der Waals surface area (Å²) in [6.07, 6.45) is 0.467. The lowest BCUT2D eigenvalue weighted by molar-refractivity contribution is -0.137. The quantitative estimate of drug-likeness (QED) is 0.729. The highest BCUT2D eigenvalue weighted by atomic mass is 32.1. The number of nitrogens with one attached hydrogen (secondary N) is 1. The average molecular weight is 268 g/mol. The van der Waals surface area contributed by atoms with E-state index in [1.807, 2.05) is 24.3 Å². The monoisotopic (exact) mass is 268 g/mol. The Bertz CT molecular complexity index is 494. The van der Waals surface area contributed by atoms with E-state index in [1.165, 1.54) is 11.3 Å². The number of benzene rings is 1. The summed E-state index contributed by atoms with van der Waals surface area (Å²) in [5.41, 5.74) is 0.884. The van der Waals surface area contributed by atoms with Crippen molar-refractivity contribution in [3.05, 3.63) is 24.3 Å². The van der Waals surface area contributed by atoms with Gasteiger partial charge in [0.1, 0.15) is 6.04 Å². The van der Waals surface area contributed by atoms with Gasteiger partial charge in [0, 0.05) is 0 Å². The number of anilines is 1. The molecule has 0 amide bonds. The van der Waals surface area contributed by atoms with Crippen molar-refractivity contribution in [3.8, 4) is 0 Å². The lowest BCUT2D eigenvalue weighted by Gasteiger charge is -2.11. The van der Waals surface area contributed by atoms with E-state index in [0.717, 1.165) is 10.2 Å². The molecule has 0 saturated carbocycles. The Morgan fingerprint density at radius 2 is 2.29 bits per heavy atom. The second-order valence-electron chi connectivity index (χ2n) is 3.53. The number of thiazole rings is 1. The van der Waals surface area contributed by atoms with Crippen molar-refractivity contribution in [1.29, 1.82) is 0 Å². The molecule has 0 aliphatic carbocycles. The molecule has 0 radical (unpaired) electrons. The van der Waals surface area contributed by atoms with E-state index in [2.05, 4.69) is 22.9 Å². The van der Waals surface area contributed by atoms with Crippen LogP contribution in [0.3, 0.4) is 0 Å². The summed E-state index contributed by atoms with van der Waals surface area (Å²) in [7, 11) is 0. The zero-order valence-corrected chi connectivity index (χ0v) is 10.7. The van der Waals surface area contributed by atoms with Crippen LogP contribution in [0.1, 0.15) is 6.42 Å². The fourth-order valence-electron chi connectivity index (χ4n) is 1.47. The summed E-state index contributed by atoms with van der Waals surface area (Å²) >= 11 is 5.51. The Morgan fingerprint density at radius 1 is 1.53 bits per heavy atom. The molecule has 0 aliphatic heterocycles. The van der Waals surface area contributed by atoms with Crippen molar-refractivity contribution < 1.29 is 9.90 Å². The Kier molecular flexibility index (Phi) is 3.86. The Morgan fingerprint density at radius 3 is 2.94 bits per heavy atom. The fraction of sp³-hybridized carbons (Fsp3) is 0.273. The largest absolute Gasteiger partial charge is 0.480 e. The molecule has 0 spiro atoms. The van der Waals surface area contributed by atoms with Gasteiger partial charge in [0.05, 0.1) is 10.2 Å². The predicted molar refractivity (Wildman–Crippen MR) is 73.1 cm³/mol. The van der Waals surface area contributed by atoms with Gasteiger partial charge < -0.3 is 10.4 Å². The average Bonchev–Trinajstić information content (AvgIpc) is 2.70. The molecule has 1 aromatic carbocycles. The maximum Gasteiger partial charge on any atom is 0.326 e. The SMILES string of the molecule is O=C(O)[C@H](CCS)Nc1nc2ccccc2s1. The first-order chi connectivity index (χ1) is 8.20. The minimum absolute atomic E-state index is 0.467. The zero-order valence-electron chi connectivity index (χ0n) is 8.96. The minimum Gasteiger partial charge on any atom is -0.480 e. The molecule has 0 unspecified atom stereocenters. The molecule has 2 N–H and O–H groups in total. The van der Waals surface area contributed by atoms with Gasteiger partial charge in [-0.05, 0) is 24.3 Å². The molecule has 17 heavy (non-hydrogen) atoms. The molecule has 90 valence electrons. The van der Waals surface area contributed by atoms with Crippen molar-refractivity contribution in [3.63, 3.8) is 0 Å². The van der Waals surface area contributed by atoms with Crippen molar-refractivity contribution in [1.82, 2.24) is 4.98 Å². The highest BCUT2D eigenvalue weighted by Crippen LogP contribution is 2.26. The second-order valence-corrected chi connectivity index (χ2v) is 5.01. The molecule has 0 fully saturated rings. The third-order valence-corrected chi connectivity index (χ3v) is 3.53. The summed E-state index contributed by atoms with van der Waals surface area (Å²) in [4.78, 5) is 15.3. The van der Waals surface area contributed by atoms with Crippen LogP contribution < -0.4 is 5.32 Å². The predicted octanol–water partition coefficient (Wildman–Crippen LogP) is 2.48.